The van der Waals surface area contributed by atoms with Crippen molar-refractivity contribution in [3.05, 3.63) is 58.7 Å². The first-order valence-corrected chi connectivity index (χ1v) is 24.6. The number of fused-ring (bicyclic) bond motifs is 2. The summed E-state index contributed by atoms with van der Waals surface area (Å²) in [4.78, 5) is 13.7. The maximum atomic E-state index is 13.7. The van der Waals surface area contributed by atoms with Crippen molar-refractivity contribution in [2.24, 2.45) is 45.3 Å². The highest BCUT2D eigenvalue weighted by molar-refractivity contribution is 7.35. The number of rotatable bonds is 6. The number of carbonyl (C=O) groups excluding carboxylic acids is 1. The molecular weight excluding hydrogens is 786 g/mol. The highest BCUT2D eigenvalue weighted by Gasteiger charge is 2.61. The summed E-state index contributed by atoms with van der Waals surface area (Å²) in [5.41, 5.74) is 2.00. The second-order valence-corrected chi connectivity index (χ2v) is 22.2. The van der Waals surface area contributed by atoms with E-state index in [1.54, 1.807) is 14.2 Å². The lowest BCUT2D eigenvalue weighted by Gasteiger charge is -2.62. The van der Waals surface area contributed by atoms with Crippen LogP contribution in [0.4, 0.5) is 0 Å². The van der Waals surface area contributed by atoms with Gasteiger partial charge in [-0.25, -0.2) is 0 Å². The van der Waals surface area contributed by atoms with Gasteiger partial charge in [0, 0.05) is 11.5 Å². The van der Waals surface area contributed by atoms with Crippen molar-refractivity contribution >= 4 is 37.6 Å². The van der Waals surface area contributed by atoms with Crippen LogP contribution < -0.4 is 9.47 Å². The Labute approximate surface area is 364 Å². The molecule has 1 unspecified atom stereocenters. The molecule has 0 aliphatic heterocycles. The molecule has 0 aromatic heterocycles. The van der Waals surface area contributed by atoms with Gasteiger partial charge >= 0.3 is 0 Å². The fraction of sp³-hybridized carbons (Fsp3) is 0.735. The number of halogens is 2. The molecule has 4 fully saturated rings. The molecule has 9 atom stereocenters. The Bertz CT molecular complexity index is 1660. The van der Waals surface area contributed by atoms with Crippen LogP contribution in [0.15, 0.2) is 36.4 Å². The topological polar surface area (TPSA) is 96.2 Å². The molecule has 6 nitrogen and oxygen atoms in total. The minimum atomic E-state index is -0.966. The number of aliphatic hydroxyl groups is 3. The fourth-order valence-electron chi connectivity index (χ4n) is 12.8. The molecule has 0 heterocycles. The molecule has 2 aromatic carbocycles. The number of aryl methyl sites for hydroxylation is 2. The summed E-state index contributed by atoms with van der Waals surface area (Å²) in [7, 11) is 4.36. The fourth-order valence-corrected chi connectivity index (χ4v) is 12.8. The number of methoxy groups -OCH3 is 2. The Morgan fingerprint density at radius 1 is 0.707 bits per heavy atom. The second-order valence-electron chi connectivity index (χ2n) is 20.4. The molecule has 0 spiro atoms. The van der Waals surface area contributed by atoms with E-state index in [1.807, 2.05) is 64.1 Å². The second kappa shape index (κ2) is 20.2. The van der Waals surface area contributed by atoms with Crippen molar-refractivity contribution < 1.29 is 29.6 Å². The Hall–Kier alpha value is -1.40. The average molecular weight is 866 g/mol. The lowest BCUT2D eigenvalue weighted by Crippen LogP contribution is -2.60. The zero-order chi connectivity index (χ0) is 44.1. The number of alkyl halides is 2. The zero-order valence-electron chi connectivity index (χ0n) is 38.5. The largest absolute Gasteiger partial charge is 0.497 e. The lowest BCUT2D eigenvalue weighted by molar-refractivity contribution is -0.201. The molecule has 330 valence electrons. The zero-order valence-corrected chi connectivity index (χ0v) is 41.0. The van der Waals surface area contributed by atoms with E-state index in [2.05, 4.69) is 54.9 Å². The molecule has 0 amide bonds. The summed E-state index contributed by atoms with van der Waals surface area (Å²) in [5, 5.41) is 34.3. The van der Waals surface area contributed by atoms with Gasteiger partial charge in [-0.3, -0.25) is 4.79 Å². The lowest BCUT2D eigenvalue weighted by atomic mass is 9.44. The van der Waals surface area contributed by atoms with E-state index < -0.39 is 17.3 Å². The van der Waals surface area contributed by atoms with Crippen molar-refractivity contribution in [3.63, 3.8) is 0 Å². The third-order valence-electron chi connectivity index (χ3n) is 14.9. The predicted octanol–water partition coefficient (Wildman–Crippen LogP) is 12.6. The third-order valence-corrected chi connectivity index (χ3v) is 14.9. The summed E-state index contributed by atoms with van der Waals surface area (Å²) in [6, 6.07) is 11.6. The van der Waals surface area contributed by atoms with E-state index in [4.69, 9.17) is 32.7 Å². The smallest absolute Gasteiger partial charge is 0.169 e. The number of hydrogen-bond donors (Lipinski definition) is 3. The Kier molecular flexibility index (Phi) is 17.7. The van der Waals surface area contributed by atoms with Crippen LogP contribution in [-0.4, -0.2) is 65.2 Å². The van der Waals surface area contributed by atoms with Gasteiger partial charge in [0.1, 0.15) is 11.5 Å². The maximum absolute atomic E-state index is 13.7. The minimum absolute atomic E-state index is 0.0695. The van der Waals surface area contributed by atoms with Crippen LogP contribution in [0.25, 0.3) is 0 Å². The molecule has 58 heavy (non-hydrogen) atoms. The van der Waals surface area contributed by atoms with Gasteiger partial charge in [0.05, 0.1) is 42.8 Å². The quantitative estimate of drug-likeness (QED) is 0.152. The van der Waals surface area contributed by atoms with Crippen LogP contribution in [0.5, 0.6) is 11.5 Å². The van der Waals surface area contributed by atoms with E-state index in [9.17, 15) is 20.1 Å². The van der Waals surface area contributed by atoms with Gasteiger partial charge in [-0.2, -0.15) is 0 Å². The van der Waals surface area contributed by atoms with Crippen LogP contribution in [0.1, 0.15) is 153 Å². The number of hydrogen-bond acceptors (Lipinski definition) is 6. The first kappa shape index (κ1) is 51.0. The van der Waals surface area contributed by atoms with Gasteiger partial charge in [0.15, 0.2) is 5.78 Å². The standard InChI is InChI=1S/C23H36O3.C23H34O3.C2H7P.CH2Cl2/c2*1-15-12-16(14-17(13-15)26-6)19(24)20-22(4)10-7-9-21(2,3)18(22)8-11-23(20,5)25;1-3-2;2-1-3/h12-14,18-20,24-25H,7-11H2,1-6H3;12-14,18,20,25H,7-11H2,1-6H3;3H,1-2H3;1H2/t18-,19?,20+,22-,23+;18-,20+,22-,23+;;/m00../s1. The normalized spacial score (nSPS) is 33.8. The van der Waals surface area contributed by atoms with Crippen LogP contribution in [0.3, 0.4) is 0 Å². The number of ketones is 1. The van der Waals surface area contributed by atoms with Gasteiger partial charge in [-0.1, -0.05) is 60.5 Å². The highest BCUT2D eigenvalue weighted by Crippen LogP contribution is 2.65. The molecule has 4 saturated carbocycles. The van der Waals surface area contributed by atoms with E-state index >= 15 is 0 Å². The predicted molar refractivity (Wildman–Crippen MR) is 247 cm³/mol. The van der Waals surface area contributed by atoms with Gasteiger partial charge in [-0.15, -0.1) is 31.8 Å². The first-order valence-electron chi connectivity index (χ1n) is 21.5. The van der Waals surface area contributed by atoms with E-state index in [1.165, 1.54) is 12.8 Å². The number of aliphatic hydroxyl groups excluding tert-OH is 1. The molecule has 2 aromatic rings. The Balaban J connectivity index is 0.000000273. The van der Waals surface area contributed by atoms with Crippen molar-refractivity contribution in [1.29, 1.82) is 0 Å². The van der Waals surface area contributed by atoms with Crippen LogP contribution >= 0.6 is 31.8 Å². The van der Waals surface area contributed by atoms with E-state index in [0.717, 1.165) is 76.0 Å². The monoisotopic (exact) mass is 864 g/mol. The molecule has 0 saturated heterocycles. The molecule has 6 rings (SSSR count). The Morgan fingerprint density at radius 2 is 1.14 bits per heavy atom. The molecule has 4 aliphatic carbocycles. The number of Topliss-reactive ketones (excluding diaryl/α,β-unsaturated/α-hetero) is 1. The molecule has 4 aliphatic rings. The van der Waals surface area contributed by atoms with Gasteiger partial charge in [0.2, 0.25) is 0 Å². The highest BCUT2D eigenvalue weighted by atomic mass is 35.5. The third kappa shape index (κ3) is 11.2. The summed E-state index contributed by atoms with van der Waals surface area (Å²) < 4.78 is 10.8. The van der Waals surface area contributed by atoms with Crippen molar-refractivity contribution in [2.45, 2.75) is 151 Å². The summed E-state index contributed by atoms with van der Waals surface area (Å²) in [6.07, 6.45) is 9.59. The molecule has 3 N–H and O–H groups in total. The van der Waals surface area contributed by atoms with E-state index in [0.29, 0.717) is 29.6 Å². The molecular formula is C49H79Cl2O6P. The maximum Gasteiger partial charge on any atom is 0.169 e. The van der Waals surface area contributed by atoms with Gasteiger partial charge < -0.3 is 24.8 Å². The van der Waals surface area contributed by atoms with Crippen LogP contribution in [0.2, 0.25) is 0 Å². The van der Waals surface area contributed by atoms with Gasteiger partial charge in [0.25, 0.3) is 0 Å². The first-order chi connectivity index (χ1) is 26.8. The van der Waals surface area contributed by atoms with Crippen molar-refractivity contribution in [3.8, 4) is 11.5 Å². The van der Waals surface area contributed by atoms with Crippen LogP contribution in [-0.2, 0) is 0 Å². The minimum Gasteiger partial charge on any atom is -0.497 e. The molecule has 0 bridgehead atoms. The number of carbonyl (C=O) groups is 1. The molecule has 0 radical (unpaired) electrons. The number of ether oxygens (including phenoxy) is 2. The van der Waals surface area contributed by atoms with E-state index in [-0.39, 0.29) is 44.6 Å². The van der Waals surface area contributed by atoms with Crippen LogP contribution in [0, 0.1) is 59.2 Å². The van der Waals surface area contributed by atoms with Gasteiger partial charge in [-0.05, 0) is 173 Å². The number of benzene rings is 2. The summed E-state index contributed by atoms with van der Waals surface area (Å²) in [5.74, 6) is 1.97. The Morgan fingerprint density at radius 3 is 1.64 bits per heavy atom. The SMILES string of the molecule is COc1cc(C)cc(C(=O)[C@@H]2[C@@]3(C)CCCC(C)(C)[C@@H]3CC[C@@]2(C)O)c1.COc1cc(C)cc(C(O)[C@@H]2[C@@]3(C)CCCC(C)(C)[C@@H]3CC[C@@]2(C)O)c1.CPC.ClCCl. The summed E-state index contributed by atoms with van der Waals surface area (Å²) in [6.45, 7) is 26.1. The van der Waals surface area contributed by atoms with Crippen molar-refractivity contribution in [1.82, 2.24) is 0 Å². The summed E-state index contributed by atoms with van der Waals surface area (Å²) >= 11 is 9.53. The molecule has 9 heteroatoms. The van der Waals surface area contributed by atoms with Crippen molar-refractivity contribution in [2.75, 3.05) is 32.9 Å². The average Bonchev–Trinajstić information content (AvgIpc) is 3.10.